The second-order valence-corrected chi connectivity index (χ2v) is 8.09. The Morgan fingerprint density at radius 1 is 1.14 bits per heavy atom. The molecule has 0 radical (unpaired) electrons. The topological polar surface area (TPSA) is 49.1 Å². The first-order chi connectivity index (χ1) is 14.2. The van der Waals surface area contributed by atoms with Crippen LogP contribution in [0.5, 0.6) is 5.75 Å². The largest absolute Gasteiger partial charge is 0.492 e. The van der Waals surface area contributed by atoms with Gasteiger partial charge in [0.05, 0.1) is 24.0 Å². The van der Waals surface area contributed by atoms with Crippen molar-refractivity contribution in [2.45, 2.75) is 19.0 Å². The van der Waals surface area contributed by atoms with Gasteiger partial charge in [-0.15, -0.1) is 0 Å². The number of fused-ring (bicyclic) bond motifs is 2. The maximum atomic E-state index is 5.77. The van der Waals surface area contributed by atoms with Crippen LogP contribution in [0.3, 0.4) is 0 Å². The van der Waals surface area contributed by atoms with Crippen molar-refractivity contribution in [1.82, 2.24) is 24.2 Å². The van der Waals surface area contributed by atoms with Crippen LogP contribution >= 0.6 is 0 Å². The summed E-state index contributed by atoms with van der Waals surface area (Å²) in [4.78, 5) is 16.7. The summed E-state index contributed by atoms with van der Waals surface area (Å²) in [6.45, 7) is 5.80. The number of hydrogen-bond acceptors (Lipinski definition) is 6. The molecular formula is C22H28N6O. The molecule has 0 N–H and O–H groups in total. The Morgan fingerprint density at radius 2 is 2.00 bits per heavy atom. The van der Waals surface area contributed by atoms with Crippen molar-refractivity contribution in [3.63, 3.8) is 0 Å². The molecule has 0 bridgehead atoms. The van der Waals surface area contributed by atoms with Crippen LogP contribution in [0.1, 0.15) is 23.9 Å². The SMILES string of the molecule is CN1CCN(c2cccc3nc(CN(C)[C@H]4CCOc5cccnc54)cn23)CC1. The molecular weight excluding hydrogens is 364 g/mol. The summed E-state index contributed by atoms with van der Waals surface area (Å²) in [5, 5.41) is 0. The van der Waals surface area contributed by atoms with Crippen molar-refractivity contribution < 1.29 is 4.74 Å². The molecule has 5 rings (SSSR count). The molecule has 7 heteroatoms. The molecule has 1 saturated heterocycles. The number of piperazine rings is 1. The van der Waals surface area contributed by atoms with Gasteiger partial charge in [-0.1, -0.05) is 6.07 Å². The predicted molar refractivity (Wildman–Crippen MR) is 113 cm³/mol. The Kier molecular flexibility index (Phi) is 4.85. The van der Waals surface area contributed by atoms with Gasteiger partial charge >= 0.3 is 0 Å². The van der Waals surface area contributed by atoms with Crippen LogP contribution in [0.25, 0.3) is 5.65 Å². The number of imidazole rings is 1. The van der Waals surface area contributed by atoms with Crippen molar-refractivity contribution in [3.8, 4) is 5.75 Å². The van der Waals surface area contributed by atoms with E-state index in [9.17, 15) is 0 Å². The van der Waals surface area contributed by atoms with Crippen molar-refractivity contribution in [3.05, 3.63) is 54.1 Å². The highest BCUT2D eigenvalue weighted by Crippen LogP contribution is 2.34. The van der Waals surface area contributed by atoms with E-state index in [1.165, 1.54) is 5.82 Å². The standard InChI is InChI=1S/C22H28N6O/c1-25-10-12-27(13-11-25)21-7-3-6-20-24-17(16-28(20)21)15-26(2)18-8-14-29-19-5-4-9-23-22(18)19/h3-7,9,16,18H,8,10-15H2,1-2H3/t18-/m0/s1. The van der Waals surface area contributed by atoms with E-state index >= 15 is 0 Å². The Hall–Kier alpha value is -2.64. The van der Waals surface area contributed by atoms with Gasteiger partial charge in [-0.05, 0) is 38.4 Å². The summed E-state index contributed by atoms with van der Waals surface area (Å²) in [6.07, 6.45) is 4.99. The number of likely N-dealkylation sites (N-methyl/N-ethyl adjacent to an activating group) is 1. The zero-order valence-corrected chi connectivity index (χ0v) is 17.2. The molecule has 7 nitrogen and oxygen atoms in total. The molecule has 1 atom stereocenters. The summed E-state index contributed by atoms with van der Waals surface area (Å²) in [5.41, 5.74) is 3.12. The van der Waals surface area contributed by atoms with Gasteiger partial charge in [-0.25, -0.2) is 4.98 Å². The molecule has 0 saturated carbocycles. The number of hydrogen-bond donors (Lipinski definition) is 0. The fourth-order valence-electron chi connectivity index (χ4n) is 4.40. The molecule has 0 aromatic carbocycles. The molecule has 3 aromatic rings. The van der Waals surface area contributed by atoms with Crippen molar-refractivity contribution >= 4 is 11.5 Å². The molecule has 0 spiro atoms. The Bertz CT molecular complexity index is 994. The average molecular weight is 393 g/mol. The lowest BCUT2D eigenvalue weighted by Gasteiger charge is -2.34. The lowest BCUT2D eigenvalue weighted by molar-refractivity contribution is 0.155. The molecule has 5 heterocycles. The van der Waals surface area contributed by atoms with E-state index in [2.05, 4.69) is 62.6 Å². The van der Waals surface area contributed by atoms with Crippen LogP contribution in [0.4, 0.5) is 5.82 Å². The fraction of sp³-hybridized carbons (Fsp3) is 0.455. The van der Waals surface area contributed by atoms with E-state index in [1.807, 2.05) is 18.3 Å². The number of ether oxygens (including phenoxy) is 1. The molecule has 2 aliphatic heterocycles. The highest BCUT2D eigenvalue weighted by Gasteiger charge is 2.27. The molecule has 0 unspecified atom stereocenters. The molecule has 2 aliphatic rings. The molecule has 3 aromatic heterocycles. The van der Waals surface area contributed by atoms with Crippen LogP contribution in [0, 0.1) is 0 Å². The van der Waals surface area contributed by atoms with Gasteiger partial charge in [0.25, 0.3) is 0 Å². The van der Waals surface area contributed by atoms with Crippen molar-refractivity contribution in [1.29, 1.82) is 0 Å². The van der Waals surface area contributed by atoms with Gasteiger partial charge in [0.1, 0.15) is 17.2 Å². The number of aromatic nitrogens is 3. The van der Waals surface area contributed by atoms with E-state index in [-0.39, 0.29) is 6.04 Å². The highest BCUT2D eigenvalue weighted by atomic mass is 16.5. The van der Waals surface area contributed by atoms with E-state index in [0.29, 0.717) is 0 Å². The summed E-state index contributed by atoms with van der Waals surface area (Å²) < 4.78 is 8.02. The Balaban J connectivity index is 1.38. The quantitative estimate of drug-likeness (QED) is 0.680. The number of rotatable bonds is 4. The lowest BCUT2D eigenvalue weighted by atomic mass is 10.1. The third-order valence-corrected chi connectivity index (χ3v) is 6.06. The smallest absolute Gasteiger partial charge is 0.142 e. The monoisotopic (exact) mass is 392 g/mol. The molecule has 29 heavy (non-hydrogen) atoms. The van der Waals surface area contributed by atoms with Gasteiger partial charge in [0.15, 0.2) is 0 Å². The van der Waals surface area contributed by atoms with Gasteiger partial charge in [0.2, 0.25) is 0 Å². The van der Waals surface area contributed by atoms with Crippen LogP contribution in [-0.4, -0.2) is 71.0 Å². The van der Waals surface area contributed by atoms with Crippen LogP contribution < -0.4 is 9.64 Å². The first-order valence-corrected chi connectivity index (χ1v) is 10.4. The normalized spacial score (nSPS) is 20.1. The predicted octanol–water partition coefficient (Wildman–Crippen LogP) is 2.44. The molecule has 0 aliphatic carbocycles. The maximum Gasteiger partial charge on any atom is 0.142 e. The number of nitrogens with zero attached hydrogens (tertiary/aromatic N) is 6. The van der Waals surface area contributed by atoms with Gasteiger partial charge < -0.3 is 14.5 Å². The summed E-state index contributed by atoms with van der Waals surface area (Å²) in [6, 6.07) is 10.6. The fourth-order valence-corrected chi connectivity index (χ4v) is 4.40. The summed E-state index contributed by atoms with van der Waals surface area (Å²) in [5.74, 6) is 2.14. The van der Waals surface area contributed by atoms with Crippen molar-refractivity contribution in [2.24, 2.45) is 0 Å². The summed E-state index contributed by atoms with van der Waals surface area (Å²) >= 11 is 0. The zero-order valence-electron chi connectivity index (χ0n) is 17.2. The lowest BCUT2D eigenvalue weighted by Crippen LogP contribution is -2.45. The number of pyridine rings is 2. The van der Waals surface area contributed by atoms with Gasteiger partial charge in [0, 0.05) is 51.5 Å². The molecule has 1 fully saturated rings. The van der Waals surface area contributed by atoms with Crippen LogP contribution in [-0.2, 0) is 6.54 Å². The minimum Gasteiger partial charge on any atom is -0.492 e. The molecule has 152 valence electrons. The van der Waals surface area contributed by atoms with Gasteiger partial charge in [-0.3, -0.25) is 14.3 Å². The Morgan fingerprint density at radius 3 is 2.86 bits per heavy atom. The van der Waals surface area contributed by atoms with E-state index in [4.69, 9.17) is 9.72 Å². The first kappa shape index (κ1) is 18.4. The van der Waals surface area contributed by atoms with Gasteiger partial charge in [-0.2, -0.15) is 0 Å². The zero-order chi connectivity index (χ0) is 19.8. The number of anilines is 1. The van der Waals surface area contributed by atoms with Crippen molar-refractivity contribution in [2.75, 3.05) is 51.8 Å². The molecule has 0 amide bonds. The van der Waals surface area contributed by atoms with Crippen LogP contribution in [0.15, 0.2) is 42.7 Å². The minimum absolute atomic E-state index is 0.252. The maximum absolute atomic E-state index is 5.77. The summed E-state index contributed by atoms with van der Waals surface area (Å²) in [7, 11) is 4.34. The highest BCUT2D eigenvalue weighted by molar-refractivity contribution is 5.53. The third kappa shape index (κ3) is 3.56. The Labute approximate surface area is 171 Å². The average Bonchev–Trinajstić information content (AvgIpc) is 3.16. The second-order valence-electron chi connectivity index (χ2n) is 8.09. The van der Waals surface area contributed by atoms with E-state index < -0.39 is 0 Å². The third-order valence-electron chi connectivity index (χ3n) is 6.06. The van der Waals surface area contributed by atoms with Crippen LogP contribution in [0.2, 0.25) is 0 Å². The minimum atomic E-state index is 0.252. The van der Waals surface area contributed by atoms with E-state index in [0.717, 1.165) is 68.5 Å². The second kappa shape index (κ2) is 7.65. The first-order valence-electron chi connectivity index (χ1n) is 10.4. The van der Waals surface area contributed by atoms with E-state index in [1.54, 1.807) is 0 Å².